The highest BCUT2D eigenvalue weighted by atomic mass is 16.5. The molecule has 10 nitrogen and oxygen atoms in total. The van der Waals surface area contributed by atoms with Gasteiger partial charge in [0.25, 0.3) is 5.91 Å². The smallest absolute Gasteiger partial charge is 0.308 e. The number of esters is 1. The first-order chi connectivity index (χ1) is 14.4. The molecule has 1 unspecified atom stereocenters. The van der Waals surface area contributed by atoms with Gasteiger partial charge in [-0.3, -0.25) is 24.8 Å². The van der Waals surface area contributed by atoms with Crippen LogP contribution in [0.1, 0.15) is 35.3 Å². The normalized spacial score (nSPS) is 11.1. The van der Waals surface area contributed by atoms with Gasteiger partial charge in [0, 0.05) is 23.6 Å². The van der Waals surface area contributed by atoms with Gasteiger partial charge in [0.1, 0.15) is 0 Å². The molecule has 0 aliphatic heterocycles. The molecule has 0 fully saturated rings. The van der Waals surface area contributed by atoms with Crippen molar-refractivity contribution in [3.05, 3.63) is 59.9 Å². The lowest BCUT2D eigenvalue weighted by Gasteiger charge is -2.18. The van der Waals surface area contributed by atoms with Crippen molar-refractivity contribution in [1.82, 2.24) is 15.6 Å². The summed E-state index contributed by atoms with van der Waals surface area (Å²) in [7, 11) is 0. The van der Waals surface area contributed by atoms with Crippen LogP contribution in [0.5, 0.6) is 0 Å². The number of aromatic nitrogens is 1. The van der Waals surface area contributed by atoms with Gasteiger partial charge in [0.05, 0.1) is 25.6 Å². The number of benzene rings is 1. The van der Waals surface area contributed by atoms with Gasteiger partial charge < -0.3 is 26.4 Å². The fraction of sp³-hybridized carbons (Fsp3) is 0.250. The number of ether oxygens (including phenoxy) is 1. The molecule has 0 saturated heterocycles. The highest BCUT2D eigenvalue weighted by molar-refractivity contribution is 5.98. The summed E-state index contributed by atoms with van der Waals surface area (Å²) < 4.78 is 4.96. The van der Waals surface area contributed by atoms with Crippen molar-refractivity contribution >= 4 is 29.4 Å². The van der Waals surface area contributed by atoms with E-state index in [1.807, 2.05) is 0 Å². The van der Waals surface area contributed by atoms with Crippen LogP contribution in [0, 0.1) is 5.41 Å². The Balaban J connectivity index is 1.97. The molecule has 0 bridgehead atoms. The van der Waals surface area contributed by atoms with E-state index in [-0.39, 0.29) is 25.5 Å². The first kappa shape index (κ1) is 22.3. The molecule has 10 heteroatoms. The Morgan fingerprint density at radius 2 is 2.03 bits per heavy atom. The molecule has 0 saturated carbocycles. The second kappa shape index (κ2) is 11.1. The zero-order valence-corrected chi connectivity index (χ0v) is 16.5. The molecule has 2 rings (SSSR count). The van der Waals surface area contributed by atoms with Crippen LogP contribution in [0.2, 0.25) is 0 Å². The standard InChI is InChI=1S/C20H24N6O4/c1-2-30-18(28)10-16(14-6-4-8-23-11-14)26-17(27)12-24-19(29)13-5-3-7-15(9-13)25-20(21)22/h3-9,11,16H,2,10,12H2,1H3,(H,24,29)(H,26,27)(H4,21,22,25). The van der Waals surface area contributed by atoms with Crippen LogP contribution in [-0.2, 0) is 14.3 Å². The predicted molar refractivity (Wildman–Crippen MR) is 111 cm³/mol. The number of amides is 2. The number of anilines is 1. The van der Waals surface area contributed by atoms with Crippen molar-refractivity contribution in [2.24, 2.45) is 5.73 Å². The summed E-state index contributed by atoms with van der Waals surface area (Å²) in [5.41, 5.74) is 6.70. The minimum atomic E-state index is -0.634. The second-order valence-electron chi connectivity index (χ2n) is 6.22. The van der Waals surface area contributed by atoms with Gasteiger partial charge in [-0.1, -0.05) is 12.1 Å². The lowest BCUT2D eigenvalue weighted by Crippen LogP contribution is -2.39. The second-order valence-corrected chi connectivity index (χ2v) is 6.22. The van der Waals surface area contributed by atoms with Crippen LogP contribution in [0.15, 0.2) is 48.8 Å². The summed E-state index contributed by atoms with van der Waals surface area (Å²) in [4.78, 5) is 40.6. The van der Waals surface area contributed by atoms with E-state index in [1.54, 1.807) is 49.6 Å². The third-order valence-electron chi connectivity index (χ3n) is 3.91. The Morgan fingerprint density at radius 3 is 2.70 bits per heavy atom. The number of nitrogens with zero attached hydrogens (tertiary/aromatic N) is 1. The van der Waals surface area contributed by atoms with Crippen molar-refractivity contribution in [3.63, 3.8) is 0 Å². The Kier molecular flexibility index (Phi) is 8.30. The Labute approximate surface area is 173 Å². The number of carbonyl (C=O) groups is 3. The van der Waals surface area contributed by atoms with Crippen molar-refractivity contribution in [3.8, 4) is 0 Å². The molecule has 1 aromatic carbocycles. The highest BCUT2D eigenvalue weighted by Crippen LogP contribution is 2.16. The number of carbonyl (C=O) groups excluding carboxylic acids is 3. The number of guanidine groups is 1. The zero-order valence-electron chi connectivity index (χ0n) is 16.5. The van der Waals surface area contributed by atoms with Crippen molar-refractivity contribution in [1.29, 1.82) is 5.41 Å². The number of nitrogens with two attached hydrogens (primary N) is 1. The zero-order chi connectivity index (χ0) is 21.9. The van der Waals surface area contributed by atoms with Gasteiger partial charge in [-0.2, -0.15) is 0 Å². The van der Waals surface area contributed by atoms with Crippen LogP contribution in [0.25, 0.3) is 0 Å². The highest BCUT2D eigenvalue weighted by Gasteiger charge is 2.20. The molecular weight excluding hydrogens is 388 g/mol. The molecule has 0 aliphatic carbocycles. The number of rotatable bonds is 9. The summed E-state index contributed by atoms with van der Waals surface area (Å²) in [5.74, 6) is -1.65. The Bertz CT molecular complexity index is 903. The Morgan fingerprint density at radius 1 is 1.23 bits per heavy atom. The van der Waals surface area contributed by atoms with E-state index in [9.17, 15) is 14.4 Å². The molecule has 2 aromatic rings. The van der Waals surface area contributed by atoms with Crippen molar-refractivity contribution in [2.45, 2.75) is 19.4 Å². The molecule has 0 radical (unpaired) electrons. The fourth-order valence-electron chi connectivity index (χ4n) is 2.62. The third kappa shape index (κ3) is 7.23. The SMILES string of the molecule is CCOC(=O)CC(NC(=O)CNC(=O)c1cccc(NC(=N)N)c1)c1cccnc1. The maximum atomic E-state index is 12.4. The summed E-state index contributed by atoms with van der Waals surface area (Å²) >= 11 is 0. The van der Waals surface area contributed by atoms with Gasteiger partial charge in [0.2, 0.25) is 5.91 Å². The van der Waals surface area contributed by atoms with Crippen LogP contribution < -0.4 is 21.7 Å². The predicted octanol–water partition coefficient (Wildman–Crippen LogP) is 0.927. The number of pyridine rings is 1. The average molecular weight is 412 g/mol. The summed E-state index contributed by atoms with van der Waals surface area (Å²) in [6.07, 6.45) is 3.08. The number of hydrogen-bond donors (Lipinski definition) is 5. The molecule has 1 aromatic heterocycles. The fourth-order valence-corrected chi connectivity index (χ4v) is 2.62. The summed E-state index contributed by atoms with van der Waals surface area (Å²) in [6, 6.07) is 9.15. The molecular formula is C20H24N6O4. The largest absolute Gasteiger partial charge is 0.466 e. The topological polar surface area (TPSA) is 159 Å². The van der Waals surface area contributed by atoms with Crippen molar-refractivity contribution < 1.29 is 19.1 Å². The average Bonchev–Trinajstić information content (AvgIpc) is 2.72. The maximum Gasteiger partial charge on any atom is 0.308 e. The van der Waals surface area contributed by atoms with E-state index in [4.69, 9.17) is 15.9 Å². The van der Waals surface area contributed by atoms with E-state index < -0.39 is 23.8 Å². The van der Waals surface area contributed by atoms with E-state index in [0.29, 0.717) is 16.8 Å². The summed E-state index contributed by atoms with van der Waals surface area (Å²) in [6.45, 7) is 1.65. The molecule has 1 atom stereocenters. The third-order valence-corrected chi connectivity index (χ3v) is 3.91. The lowest BCUT2D eigenvalue weighted by atomic mass is 10.1. The van der Waals surface area contributed by atoms with Crippen LogP contribution in [-0.4, -0.2) is 41.9 Å². The van der Waals surface area contributed by atoms with Crippen LogP contribution in [0.3, 0.4) is 0 Å². The molecule has 158 valence electrons. The number of nitrogens with one attached hydrogen (secondary N) is 4. The summed E-state index contributed by atoms with van der Waals surface area (Å²) in [5, 5.41) is 15.1. The molecule has 0 spiro atoms. The van der Waals surface area contributed by atoms with E-state index in [0.717, 1.165) is 0 Å². The molecule has 2 amide bonds. The quantitative estimate of drug-likeness (QED) is 0.233. The first-order valence-electron chi connectivity index (χ1n) is 9.23. The Hall–Kier alpha value is -3.95. The van der Waals surface area contributed by atoms with E-state index >= 15 is 0 Å². The molecule has 1 heterocycles. The molecule has 0 aliphatic rings. The molecule has 30 heavy (non-hydrogen) atoms. The van der Waals surface area contributed by atoms with Gasteiger partial charge in [-0.15, -0.1) is 0 Å². The van der Waals surface area contributed by atoms with Gasteiger partial charge >= 0.3 is 5.97 Å². The minimum absolute atomic E-state index is 0.0576. The number of hydrogen-bond acceptors (Lipinski definition) is 6. The van der Waals surface area contributed by atoms with Crippen LogP contribution in [0.4, 0.5) is 5.69 Å². The maximum absolute atomic E-state index is 12.4. The van der Waals surface area contributed by atoms with Crippen molar-refractivity contribution in [2.75, 3.05) is 18.5 Å². The van der Waals surface area contributed by atoms with E-state index in [2.05, 4.69) is 20.9 Å². The van der Waals surface area contributed by atoms with Crippen LogP contribution >= 0.6 is 0 Å². The lowest BCUT2D eigenvalue weighted by molar-refractivity contribution is -0.143. The minimum Gasteiger partial charge on any atom is -0.466 e. The van der Waals surface area contributed by atoms with Gasteiger partial charge in [-0.25, -0.2) is 0 Å². The monoisotopic (exact) mass is 412 g/mol. The van der Waals surface area contributed by atoms with Gasteiger partial charge in [-0.05, 0) is 36.8 Å². The first-order valence-corrected chi connectivity index (χ1v) is 9.23. The molecule has 6 N–H and O–H groups in total. The van der Waals surface area contributed by atoms with E-state index in [1.165, 1.54) is 6.07 Å². The van der Waals surface area contributed by atoms with Gasteiger partial charge in [0.15, 0.2) is 5.96 Å².